The van der Waals surface area contributed by atoms with E-state index in [0.717, 1.165) is 24.6 Å². The number of rotatable bonds is 8. The molecule has 112 valence electrons. The molecule has 0 amide bonds. The molecule has 20 heavy (non-hydrogen) atoms. The number of allylic oxidation sites excluding steroid dienone is 6. The quantitative estimate of drug-likeness (QED) is 0.203. The van der Waals surface area contributed by atoms with Crippen LogP contribution in [0.25, 0.3) is 0 Å². The molecule has 0 radical (unpaired) electrons. The number of alkyl halides is 1. The number of hydrogen-bond acceptors (Lipinski definition) is 0. The molecule has 0 bridgehead atoms. The van der Waals surface area contributed by atoms with E-state index in [9.17, 15) is 0 Å². The SMILES string of the molecule is CC(C)=CCC/C(C)=C/CC/C(C)=C/CCC#CCBr. The summed E-state index contributed by atoms with van der Waals surface area (Å²) >= 11 is 3.30. The van der Waals surface area contributed by atoms with Crippen LogP contribution in [0.1, 0.15) is 66.2 Å². The molecule has 0 aromatic rings. The molecule has 0 atom stereocenters. The molecule has 1 heteroatoms. The van der Waals surface area contributed by atoms with Gasteiger partial charge >= 0.3 is 0 Å². The topological polar surface area (TPSA) is 0 Å². The summed E-state index contributed by atoms with van der Waals surface area (Å²) in [5.74, 6) is 6.17. The van der Waals surface area contributed by atoms with Gasteiger partial charge in [-0.05, 0) is 59.8 Å². The van der Waals surface area contributed by atoms with Crippen molar-refractivity contribution in [2.24, 2.45) is 0 Å². The summed E-state index contributed by atoms with van der Waals surface area (Å²) in [7, 11) is 0. The molecule has 0 aliphatic rings. The fourth-order valence-corrected chi connectivity index (χ4v) is 2.06. The van der Waals surface area contributed by atoms with Crippen molar-refractivity contribution < 1.29 is 0 Å². The second-order valence-corrected chi connectivity index (χ2v) is 6.05. The van der Waals surface area contributed by atoms with E-state index < -0.39 is 0 Å². The van der Waals surface area contributed by atoms with Crippen LogP contribution < -0.4 is 0 Å². The molecule has 0 fully saturated rings. The molecule has 0 aromatic heterocycles. The molecule has 0 heterocycles. The average molecular weight is 337 g/mol. The van der Waals surface area contributed by atoms with Gasteiger partial charge in [-0.1, -0.05) is 56.8 Å². The highest BCUT2D eigenvalue weighted by molar-refractivity contribution is 9.09. The molecule has 0 aliphatic carbocycles. The lowest BCUT2D eigenvalue weighted by atomic mass is 10.1. The molecule has 0 saturated carbocycles. The summed E-state index contributed by atoms with van der Waals surface area (Å²) in [6, 6.07) is 0. The first-order valence-electron chi connectivity index (χ1n) is 7.52. The maximum Gasteiger partial charge on any atom is 0.0645 e. The van der Waals surface area contributed by atoms with Crippen molar-refractivity contribution in [1.82, 2.24) is 0 Å². The molecule has 0 nitrogen and oxygen atoms in total. The highest BCUT2D eigenvalue weighted by Gasteiger charge is 1.91. The zero-order valence-corrected chi connectivity index (χ0v) is 15.1. The second-order valence-electron chi connectivity index (χ2n) is 5.49. The van der Waals surface area contributed by atoms with E-state index in [1.807, 2.05) is 0 Å². The lowest BCUT2D eigenvalue weighted by Crippen LogP contribution is -1.81. The number of hydrogen-bond donors (Lipinski definition) is 0. The summed E-state index contributed by atoms with van der Waals surface area (Å²) in [6.07, 6.45) is 13.8. The van der Waals surface area contributed by atoms with E-state index >= 15 is 0 Å². The Morgan fingerprint density at radius 3 is 1.90 bits per heavy atom. The lowest BCUT2D eigenvalue weighted by Gasteiger charge is -2.01. The Bertz CT molecular complexity index is 395. The Balaban J connectivity index is 3.85. The Morgan fingerprint density at radius 1 is 0.800 bits per heavy atom. The lowest BCUT2D eigenvalue weighted by molar-refractivity contribution is 0.909. The van der Waals surface area contributed by atoms with E-state index in [4.69, 9.17) is 0 Å². The second kappa shape index (κ2) is 13.3. The normalized spacial score (nSPS) is 11.8. The first-order chi connectivity index (χ1) is 9.56. The molecule has 0 unspecified atom stereocenters. The van der Waals surface area contributed by atoms with Crippen molar-refractivity contribution in [2.45, 2.75) is 66.2 Å². The summed E-state index contributed by atoms with van der Waals surface area (Å²) in [4.78, 5) is 0. The van der Waals surface area contributed by atoms with Crippen LogP contribution in [0.4, 0.5) is 0 Å². The zero-order chi connectivity index (χ0) is 15.2. The van der Waals surface area contributed by atoms with E-state index in [-0.39, 0.29) is 0 Å². The van der Waals surface area contributed by atoms with Crippen molar-refractivity contribution in [3.63, 3.8) is 0 Å². The monoisotopic (exact) mass is 336 g/mol. The molecule has 0 aromatic carbocycles. The third-order valence-corrected chi connectivity index (χ3v) is 3.36. The Morgan fingerprint density at radius 2 is 1.35 bits per heavy atom. The van der Waals surface area contributed by atoms with Crippen LogP contribution in [-0.4, -0.2) is 5.33 Å². The van der Waals surface area contributed by atoms with Crippen LogP contribution >= 0.6 is 15.9 Å². The molecule has 0 N–H and O–H groups in total. The van der Waals surface area contributed by atoms with Crippen LogP contribution in [0, 0.1) is 11.8 Å². The van der Waals surface area contributed by atoms with Crippen molar-refractivity contribution in [1.29, 1.82) is 0 Å². The minimum absolute atomic E-state index is 0.784. The highest BCUT2D eigenvalue weighted by Crippen LogP contribution is 2.12. The fourth-order valence-electron chi connectivity index (χ4n) is 1.87. The molecule has 0 aliphatic heterocycles. The zero-order valence-electron chi connectivity index (χ0n) is 13.6. The van der Waals surface area contributed by atoms with Gasteiger partial charge in [0.25, 0.3) is 0 Å². The Hall–Kier alpha value is -0.740. The van der Waals surface area contributed by atoms with Crippen LogP contribution in [0.5, 0.6) is 0 Å². The minimum atomic E-state index is 0.784. The third kappa shape index (κ3) is 13.7. The molecular formula is C19H29Br. The maximum atomic E-state index is 3.30. The standard InChI is InChI=1S/C19H29Br/c1-17(2)11-9-13-19(4)15-10-14-18(3)12-7-5-6-8-16-20/h11-12,15H,5,7,9-10,13-14,16H2,1-4H3/b18-12+,19-15+. The third-order valence-electron chi connectivity index (χ3n) is 3.08. The first kappa shape index (κ1) is 19.3. The summed E-state index contributed by atoms with van der Waals surface area (Å²) in [5, 5.41) is 0.784. The van der Waals surface area contributed by atoms with Crippen molar-refractivity contribution >= 4 is 15.9 Å². The molecule has 0 spiro atoms. The predicted octanol–water partition coefficient (Wildman–Crippen LogP) is 6.58. The largest absolute Gasteiger partial charge is 0.102 e. The van der Waals surface area contributed by atoms with Crippen molar-refractivity contribution in [2.75, 3.05) is 5.33 Å². The Kier molecular flexibility index (Phi) is 12.8. The van der Waals surface area contributed by atoms with Crippen LogP contribution in [0.15, 0.2) is 34.9 Å². The van der Waals surface area contributed by atoms with Gasteiger partial charge in [-0.2, -0.15) is 0 Å². The van der Waals surface area contributed by atoms with Gasteiger partial charge in [0.05, 0.1) is 5.33 Å². The minimum Gasteiger partial charge on any atom is -0.102 e. The van der Waals surface area contributed by atoms with Gasteiger partial charge in [0, 0.05) is 6.42 Å². The van der Waals surface area contributed by atoms with E-state index in [1.54, 1.807) is 0 Å². The summed E-state index contributed by atoms with van der Waals surface area (Å²) in [5.41, 5.74) is 4.41. The van der Waals surface area contributed by atoms with E-state index in [0.29, 0.717) is 0 Å². The van der Waals surface area contributed by atoms with E-state index in [1.165, 1.54) is 36.0 Å². The Labute approximate surface area is 134 Å². The van der Waals surface area contributed by atoms with Crippen molar-refractivity contribution in [3.8, 4) is 11.8 Å². The van der Waals surface area contributed by atoms with Gasteiger partial charge in [-0.25, -0.2) is 0 Å². The summed E-state index contributed by atoms with van der Waals surface area (Å²) in [6.45, 7) is 8.79. The predicted molar refractivity (Wildman–Crippen MR) is 96.2 cm³/mol. The fraction of sp³-hybridized carbons (Fsp3) is 0.579. The maximum absolute atomic E-state index is 3.30. The van der Waals surface area contributed by atoms with Gasteiger partial charge in [0.1, 0.15) is 0 Å². The smallest absolute Gasteiger partial charge is 0.0645 e. The number of halogens is 1. The summed E-state index contributed by atoms with van der Waals surface area (Å²) < 4.78 is 0. The van der Waals surface area contributed by atoms with Crippen LogP contribution in [-0.2, 0) is 0 Å². The average Bonchev–Trinajstić information content (AvgIpc) is 2.38. The molecule has 0 saturated heterocycles. The van der Waals surface area contributed by atoms with Crippen LogP contribution in [0.3, 0.4) is 0 Å². The van der Waals surface area contributed by atoms with Gasteiger partial charge in [0.2, 0.25) is 0 Å². The first-order valence-corrected chi connectivity index (χ1v) is 8.64. The van der Waals surface area contributed by atoms with Crippen molar-refractivity contribution in [3.05, 3.63) is 34.9 Å². The molecule has 0 rings (SSSR count). The highest BCUT2D eigenvalue weighted by atomic mass is 79.9. The van der Waals surface area contributed by atoms with E-state index in [2.05, 4.69) is 73.7 Å². The number of unbranched alkanes of at least 4 members (excludes halogenated alkanes) is 1. The van der Waals surface area contributed by atoms with Gasteiger partial charge in [-0.15, -0.1) is 5.92 Å². The molecular weight excluding hydrogens is 308 g/mol. The van der Waals surface area contributed by atoms with Gasteiger partial charge in [0.15, 0.2) is 0 Å². The van der Waals surface area contributed by atoms with Gasteiger partial charge < -0.3 is 0 Å². The van der Waals surface area contributed by atoms with Crippen LogP contribution in [0.2, 0.25) is 0 Å². The van der Waals surface area contributed by atoms with Gasteiger partial charge in [-0.3, -0.25) is 0 Å².